The molecule has 0 heterocycles. The third kappa shape index (κ3) is 59.6. The van der Waals surface area contributed by atoms with Gasteiger partial charge in [-0.3, -0.25) is 9.59 Å². The first-order chi connectivity index (χ1) is 38.6. The minimum absolute atomic E-state index is 0.158. The zero-order chi connectivity index (χ0) is 57.6. The van der Waals surface area contributed by atoms with E-state index in [4.69, 9.17) is 18.9 Å². The zero-order valence-corrected chi connectivity index (χ0v) is 49.7. The Balaban J connectivity index is 4.42. The van der Waals surface area contributed by atoms with Gasteiger partial charge in [0, 0.05) is 12.8 Å². The van der Waals surface area contributed by atoms with E-state index in [2.05, 4.69) is 196 Å². The fourth-order valence-electron chi connectivity index (χ4n) is 6.89. The van der Waals surface area contributed by atoms with Crippen LogP contribution >= 0.6 is 0 Å². The van der Waals surface area contributed by atoms with E-state index in [0.717, 1.165) is 128 Å². The summed E-state index contributed by atoms with van der Waals surface area (Å²) in [5.41, 5.74) is 0. The molecule has 0 rings (SSSR count). The lowest BCUT2D eigenvalue weighted by Crippen LogP contribution is -2.40. The van der Waals surface area contributed by atoms with Crippen LogP contribution in [0.2, 0.25) is 0 Å². The highest BCUT2D eigenvalue weighted by atomic mass is 16.7. The summed E-state index contributed by atoms with van der Waals surface area (Å²) in [6, 6.07) is 0. The summed E-state index contributed by atoms with van der Waals surface area (Å²) < 4.78 is 22.7. The van der Waals surface area contributed by atoms with Gasteiger partial charge in [0.25, 0.3) is 6.29 Å². The lowest BCUT2D eigenvalue weighted by molar-refractivity contribution is -0.870. The van der Waals surface area contributed by atoms with Crippen LogP contribution in [-0.2, 0) is 33.3 Å². The summed E-state index contributed by atoms with van der Waals surface area (Å²) in [4.78, 5) is 37.4. The number of carboxylic acid groups (broad SMARTS) is 1. The summed E-state index contributed by atoms with van der Waals surface area (Å²) in [6.45, 7) is 4.48. The van der Waals surface area contributed by atoms with E-state index in [1.165, 1.54) is 0 Å². The van der Waals surface area contributed by atoms with Crippen LogP contribution in [0, 0.1) is 0 Å². The van der Waals surface area contributed by atoms with Crippen LogP contribution in [0.1, 0.15) is 168 Å². The molecule has 0 aromatic carbocycles. The van der Waals surface area contributed by atoms with Gasteiger partial charge in [-0.15, -0.1) is 0 Å². The smallest absolute Gasteiger partial charge is 0.361 e. The van der Waals surface area contributed by atoms with E-state index >= 15 is 0 Å². The molecule has 0 aliphatic carbocycles. The van der Waals surface area contributed by atoms with Crippen molar-refractivity contribution in [2.45, 2.75) is 180 Å². The molecule has 0 aliphatic rings. The number of rotatable bonds is 51. The van der Waals surface area contributed by atoms with Gasteiger partial charge in [-0.25, -0.2) is 4.79 Å². The zero-order valence-electron chi connectivity index (χ0n) is 49.7. The number of carbonyl (C=O) groups excluding carboxylic acids is 2. The maximum atomic E-state index is 12.9. The number of ether oxygens (including phenoxy) is 4. The highest BCUT2D eigenvalue weighted by molar-refractivity contribution is 5.71. The molecule has 0 fully saturated rings. The van der Waals surface area contributed by atoms with Crippen molar-refractivity contribution in [1.29, 1.82) is 0 Å². The maximum Gasteiger partial charge on any atom is 0.361 e. The van der Waals surface area contributed by atoms with Crippen LogP contribution in [-0.4, -0.2) is 87.4 Å². The second kappa shape index (κ2) is 58.3. The molecule has 1 N–H and O–H groups in total. The second-order valence-electron chi connectivity index (χ2n) is 19.8. The average Bonchev–Trinajstić information content (AvgIpc) is 3.42. The topological polar surface area (TPSA) is 108 Å². The molecule has 0 saturated heterocycles. The molecule has 79 heavy (non-hydrogen) atoms. The fraction of sp³-hybridized carbons (Fsp3) is 0.500. The van der Waals surface area contributed by atoms with Crippen LogP contribution in [0.3, 0.4) is 0 Å². The molecule has 0 spiro atoms. The number of nitrogens with zero attached hydrogens (tertiary/aromatic N) is 1. The Labute approximate surface area is 481 Å². The largest absolute Gasteiger partial charge is 0.477 e. The molecule has 2 unspecified atom stereocenters. The summed E-state index contributed by atoms with van der Waals surface area (Å²) in [6.07, 6.45) is 88.2. The number of aliphatic carboxylic acids is 1. The highest BCUT2D eigenvalue weighted by Crippen LogP contribution is 2.11. The first-order valence-electron chi connectivity index (χ1n) is 29.6. The van der Waals surface area contributed by atoms with E-state index in [1.54, 1.807) is 0 Å². The molecule has 0 aliphatic heterocycles. The van der Waals surface area contributed by atoms with Gasteiger partial charge in [0.2, 0.25) is 0 Å². The number of esters is 2. The van der Waals surface area contributed by atoms with Crippen LogP contribution in [0.4, 0.5) is 0 Å². The van der Waals surface area contributed by atoms with Crippen molar-refractivity contribution in [3.63, 3.8) is 0 Å². The third-order valence-corrected chi connectivity index (χ3v) is 11.4. The van der Waals surface area contributed by atoms with E-state index in [9.17, 15) is 19.5 Å². The van der Waals surface area contributed by atoms with Crippen molar-refractivity contribution in [2.24, 2.45) is 0 Å². The number of unbranched alkanes of at least 4 members (excludes halogenated alkanes) is 4. The molecule has 0 aromatic heterocycles. The SMILES string of the molecule is CC/C=C\C/C=C\C/C=C\C/C=C\C/C=C\C/C=C\C/C=C\C/C=C\C/C=C\C/C=C\CCCCCCC(=O)OC(COC(=O)CC/C=C\C/C=C\C/C=C\C/C=C\C/C=C\C/C=C\CC)COC(OCC[N+](C)(C)C)C(=O)O. The molecule has 0 radical (unpaired) electrons. The molecule has 0 amide bonds. The van der Waals surface area contributed by atoms with Gasteiger partial charge in [-0.1, -0.05) is 221 Å². The first kappa shape index (κ1) is 73.1. The molecule has 9 heteroatoms. The molecule has 0 aromatic rings. The number of hydrogen-bond acceptors (Lipinski definition) is 7. The Morgan fingerprint density at radius 2 is 0.709 bits per heavy atom. The van der Waals surface area contributed by atoms with Gasteiger partial charge in [-0.2, -0.15) is 0 Å². The lowest BCUT2D eigenvalue weighted by Gasteiger charge is -2.25. The monoisotopic (exact) mass is 1090 g/mol. The Hall–Kier alpha value is -5.87. The molecule has 0 saturated carbocycles. The van der Waals surface area contributed by atoms with Crippen molar-refractivity contribution in [1.82, 2.24) is 0 Å². The van der Waals surface area contributed by atoms with E-state index in [-0.39, 0.29) is 32.7 Å². The number of quaternary nitrogens is 1. The van der Waals surface area contributed by atoms with Gasteiger partial charge in [0.15, 0.2) is 6.10 Å². The number of carboxylic acids is 1. The first-order valence-corrected chi connectivity index (χ1v) is 29.6. The maximum absolute atomic E-state index is 12.9. The average molecular weight is 1090 g/mol. The normalized spacial score (nSPS) is 14.2. The predicted molar refractivity (Wildman–Crippen MR) is 335 cm³/mol. The van der Waals surface area contributed by atoms with Crippen molar-refractivity contribution in [3.05, 3.63) is 194 Å². The van der Waals surface area contributed by atoms with Crippen molar-refractivity contribution in [2.75, 3.05) is 47.5 Å². The Morgan fingerprint density at radius 1 is 0.380 bits per heavy atom. The van der Waals surface area contributed by atoms with Gasteiger partial charge < -0.3 is 28.5 Å². The molecule has 438 valence electrons. The van der Waals surface area contributed by atoms with Gasteiger partial charge in [0.1, 0.15) is 13.2 Å². The number of allylic oxidation sites excluding steroid dienone is 32. The molecule has 2 atom stereocenters. The van der Waals surface area contributed by atoms with Crippen LogP contribution in [0.15, 0.2) is 194 Å². The van der Waals surface area contributed by atoms with Gasteiger partial charge >= 0.3 is 17.9 Å². The number of carbonyl (C=O) groups is 3. The van der Waals surface area contributed by atoms with Crippen LogP contribution in [0.5, 0.6) is 0 Å². The molecular weight excluding hydrogens is 983 g/mol. The quantitative estimate of drug-likeness (QED) is 0.0211. The fourth-order valence-corrected chi connectivity index (χ4v) is 6.89. The molecule has 9 nitrogen and oxygen atoms in total. The summed E-state index contributed by atoms with van der Waals surface area (Å²) in [5, 5.41) is 9.70. The lowest BCUT2D eigenvalue weighted by atomic mass is 10.1. The van der Waals surface area contributed by atoms with Crippen molar-refractivity contribution >= 4 is 17.9 Å². The number of likely N-dealkylation sites (N-methyl/N-ethyl adjacent to an activating group) is 1. The number of hydrogen-bond donors (Lipinski definition) is 1. The van der Waals surface area contributed by atoms with E-state index in [0.29, 0.717) is 23.9 Å². The Bertz CT molecular complexity index is 1990. The highest BCUT2D eigenvalue weighted by Gasteiger charge is 2.25. The minimum atomic E-state index is -1.55. The van der Waals surface area contributed by atoms with Crippen molar-refractivity contribution < 1.29 is 42.9 Å². The van der Waals surface area contributed by atoms with E-state index in [1.807, 2.05) is 33.3 Å². The molecular formula is C70H106NO8+. The standard InChI is InChI=1S/C70H105NO8/c1-6-8-10-12-14-16-18-20-22-24-26-27-28-29-30-31-32-33-34-35-36-37-38-39-40-41-43-45-47-49-51-53-55-57-59-61-68(73)79-66(65-78-70(69(74)75)76-63-62-71(3,4)5)64-77-67(72)60-58-56-54-52-50-48-46-44-42-25-23-21-19-17-15-13-11-9-7-2/h8-11,14-17,20-23,26-27,29-30,32-33,35-36,38-39,41-44,47-50,54,56,66,70H,6-7,12-13,18-19,24-25,28,31,34,37,40,45-46,51-53,55,57-65H2,1-5H3/p+1/b10-8-,11-9-,16-14-,17-15-,22-20-,23-21-,27-26-,30-29-,33-32-,36-35-,39-38-,43-41-,44-42-,49-47-,50-48-,56-54-. The van der Waals surface area contributed by atoms with E-state index < -0.39 is 30.3 Å². The summed E-state index contributed by atoms with van der Waals surface area (Å²) >= 11 is 0. The van der Waals surface area contributed by atoms with Gasteiger partial charge in [0.05, 0.1) is 34.4 Å². The predicted octanol–water partition coefficient (Wildman–Crippen LogP) is 17.9. The van der Waals surface area contributed by atoms with Gasteiger partial charge in [-0.05, 0) is 128 Å². The van der Waals surface area contributed by atoms with Crippen LogP contribution in [0.25, 0.3) is 0 Å². The minimum Gasteiger partial charge on any atom is -0.477 e. The van der Waals surface area contributed by atoms with Crippen LogP contribution < -0.4 is 0 Å². The molecule has 0 bridgehead atoms. The Morgan fingerprint density at radius 3 is 1.05 bits per heavy atom. The Kier molecular flexibility index (Phi) is 54.0. The second-order valence-corrected chi connectivity index (χ2v) is 19.8. The van der Waals surface area contributed by atoms with Crippen molar-refractivity contribution in [3.8, 4) is 0 Å². The summed E-state index contributed by atoms with van der Waals surface area (Å²) in [5.74, 6) is -2.18. The third-order valence-electron chi connectivity index (χ3n) is 11.4. The summed E-state index contributed by atoms with van der Waals surface area (Å²) in [7, 11) is 5.92.